The normalized spacial score (nSPS) is 9.60. The quantitative estimate of drug-likeness (QED) is 0.731. The highest BCUT2D eigenvalue weighted by Crippen LogP contribution is 2.24. The van der Waals surface area contributed by atoms with Crippen molar-refractivity contribution in [1.29, 1.82) is 0 Å². The van der Waals surface area contributed by atoms with Gasteiger partial charge in [-0.1, -0.05) is 24.3 Å². The largest absolute Gasteiger partial charge is 0.478 e. The van der Waals surface area contributed by atoms with E-state index in [9.17, 15) is 4.79 Å². The third kappa shape index (κ3) is 1.87. The molecule has 0 aliphatic carbocycles. The van der Waals surface area contributed by atoms with Crippen LogP contribution < -0.4 is 5.73 Å². The predicted octanol–water partition coefficient (Wildman–Crippen LogP) is 2.54. The van der Waals surface area contributed by atoms with Gasteiger partial charge >= 0.3 is 5.97 Å². The third-order valence-corrected chi connectivity index (χ3v) is 2.19. The van der Waals surface area contributed by atoms with Gasteiger partial charge in [-0.15, -0.1) is 12.4 Å². The second-order valence-corrected chi connectivity index (χ2v) is 3.05. The lowest BCUT2D eigenvalue weighted by molar-refractivity contribution is 0.0699. The summed E-state index contributed by atoms with van der Waals surface area (Å²) in [5, 5.41) is 10.4. The molecule has 0 radical (unpaired) electrons. The van der Waals surface area contributed by atoms with Crippen LogP contribution in [0.2, 0.25) is 0 Å². The monoisotopic (exact) mass is 223 g/mol. The molecule has 0 fully saturated rings. The van der Waals surface area contributed by atoms with E-state index in [1.54, 1.807) is 18.2 Å². The van der Waals surface area contributed by atoms with Gasteiger partial charge in [-0.25, -0.2) is 4.79 Å². The highest BCUT2D eigenvalue weighted by atomic mass is 35.5. The van der Waals surface area contributed by atoms with E-state index in [2.05, 4.69) is 0 Å². The van der Waals surface area contributed by atoms with Crippen molar-refractivity contribution in [3.05, 3.63) is 42.0 Å². The fraction of sp³-hybridized carbons (Fsp3) is 0. The number of carboxylic acids is 1. The first-order chi connectivity index (χ1) is 6.70. The average Bonchev–Trinajstić information content (AvgIpc) is 2.18. The molecule has 2 aromatic rings. The maximum absolute atomic E-state index is 10.9. The van der Waals surface area contributed by atoms with Crippen molar-refractivity contribution in [2.75, 3.05) is 5.73 Å². The number of aromatic carboxylic acids is 1. The minimum absolute atomic E-state index is 0. The molecule has 0 aliphatic heterocycles. The van der Waals surface area contributed by atoms with Crippen molar-refractivity contribution >= 4 is 34.8 Å². The Kier molecular flexibility index (Phi) is 3.17. The zero-order valence-corrected chi connectivity index (χ0v) is 8.62. The molecule has 3 N–H and O–H groups in total. The number of carboxylic acid groups (broad SMARTS) is 1. The Balaban J connectivity index is 0.00000112. The maximum atomic E-state index is 10.9. The van der Waals surface area contributed by atoms with Crippen molar-refractivity contribution in [3.8, 4) is 0 Å². The van der Waals surface area contributed by atoms with Gasteiger partial charge in [-0.3, -0.25) is 0 Å². The molecular formula is C11H10ClNO2. The van der Waals surface area contributed by atoms with Gasteiger partial charge in [0.25, 0.3) is 0 Å². The number of nitrogens with two attached hydrogens (primary N) is 1. The van der Waals surface area contributed by atoms with Gasteiger partial charge in [-0.2, -0.15) is 0 Å². The first-order valence-electron chi connectivity index (χ1n) is 4.20. The van der Waals surface area contributed by atoms with Crippen LogP contribution in [0.15, 0.2) is 36.4 Å². The van der Waals surface area contributed by atoms with E-state index >= 15 is 0 Å². The van der Waals surface area contributed by atoms with Gasteiger partial charge < -0.3 is 10.8 Å². The number of fused-ring (bicyclic) bond motifs is 1. The smallest absolute Gasteiger partial charge is 0.336 e. The lowest BCUT2D eigenvalue weighted by Crippen LogP contribution is -1.98. The van der Waals surface area contributed by atoms with Gasteiger partial charge in [0.15, 0.2) is 0 Å². The molecule has 0 spiro atoms. The Morgan fingerprint density at radius 1 is 1.07 bits per heavy atom. The molecule has 0 unspecified atom stereocenters. The van der Waals surface area contributed by atoms with Gasteiger partial charge in [0.2, 0.25) is 0 Å². The summed E-state index contributed by atoms with van der Waals surface area (Å²) in [6.07, 6.45) is 0. The van der Waals surface area contributed by atoms with Crippen LogP contribution >= 0.6 is 12.4 Å². The zero-order chi connectivity index (χ0) is 10.1. The van der Waals surface area contributed by atoms with Crippen molar-refractivity contribution in [3.63, 3.8) is 0 Å². The molecule has 0 saturated carbocycles. The minimum Gasteiger partial charge on any atom is -0.478 e. The second-order valence-electron chi connectivity index (χ2n) is 3.05. The van der Waals surface area contributed by atoms with Gasteiger partial charge in [-0.05, 0) is 17.5 Å². The molecule has 2 rings (SSSR count). The molecular weight excluding hydrogens is 214 g/mol. The Morgan fingerprint density at radius 2 is 1.67 bits per heavy atom. The second kappa shape index (κ2) is 4.19. The van der Waals surface area contributed by atoms with Crippen LogP contribution in [-0.2, 0) is 0 Å². The Morgan fingerprint density at radius 3 is 2.27 bits per heavy atom. The van der Waals surface area contributed by atoms with Crippen LogP contribution in [0.4, 0.5) is 5.69 Å². The lowest BCUT2D eigenvalue weighted by atomic mass is 10.0. The lowest BCUT2D eigenvalue weighted by Gasteiger charge is -2.04. The highest BCUT2D eigenvalue weighted by molar-refractivity contribution is 6.07. The Hall–Kier alpha value is -1.74. The molecule has 0 aromatic heterocycles. The van der Waals surface area contributed by atoms with Crippen molar-refractivity contribution in [2.24, 2.45) is 0 Å². The van der Waals surface area contributed by atoms with E-state index in [-0.39, 0.29) is 18.0 Å². The molecule has 2 aromatic carbocycles. The number of benzene rings is 2. The topological polar surface area (TPSA) is 63.3 Å². The number of hydrogen-bond acceptors (Lipinski definition) is 2. The molecule has 15 heavy (non-hydrogen) atoms. The number of rotatable bonds is 1. The zero-order valence-electron chi connectivity index (χ0n) is 7.81. The van der Waals surface area contributed by atoms with Crippen LogP contribution in [0.25, 0.3) is 10.8 Å². The van der Waals surface area contributed by atoms with Crippen LogP contribution in [0.5, 0.6) is 0 Å². The summed E-state index contributed by atoms with van der Waals surface area (Å²) in [6.45, 7) is 0. The van der Waals surface area contributed by atoms with E-state index in [1.165, 1.54) is 6.07 Å². The fourth-order valence-electron chi connectivity index (χ4n) is 1.51. The highest BCUT2D eigenvalue weighted by Gasteiger charge is 2.08. The molecule has 0 heterocycles. The molecule has 0 bridgehead atoms. The van der Waals surface area contributed by atoms with Crippen molar-refractivity contribution in [1.82, 2.24) is 0 Å². The van der Waals surface area contributed by atoms with Crippen LogP contribution in [0.1, 0.15) is 10.4 Å². The molecule has 0 aliphatic rings. The minimum atomic E-state index is -0.929. The molecule has 4 heteroatoms. The number of carbonyl (C=O) groups is 1. The van der Waals surface area contributed by atoms with Gasteiger partial charge in [0.1, 0.15) is 0 Å². The molecule has 0 saturated heterocycles. The standard InChI is InChI=1S/C11H9NO2.ClH/c12-10-6-5-9(11(13)14)7-3-1-2-4-8(7)10;/h1-6H,12H2,(H,13,14);1H. The summed E-state index contributed by atoms with van der Waals surface area (Å²) in [7, 11) is 0. The summed E-state index contributed by atoms with van der Waals surface area (Å²) >= 11 is 0. The Bertz CT molecular complexity index is 511. The summed E-state index contributed by atoms with van der Waals surface area (Å²) in [4.78, 5) is 10.9. The molecule has 78 valence electrons. The fourth-order valence-corrected chi connectivity index (χ4v) is 1.51. The number of anilines is 1. The summed E-state index contributed by atoms with van der Waals surface area (Å²) in [5.74, 6) is -0.929. The summed E-state index contributed by atoms with van der Waals surface area (Å²) in [6, 6.07) is 10.4. The first kappa shape index (κ1) is 11.3. The summed E-state index contributed by atoms with van der Waals surface area (Å²) < 4.78 is 0. The van der Waals surface area contributed by atoms with Crippen LogP contribution in [0.3, 0.4) is 0 Å². The van der Waals surface area contributed by atoms with Crippen molar-refractivity contribution < 1.29 is 9.90 Å². The van der Waals surface area contributed by atoms with Crippen LogP contribution in [0, 0.1) is 0 Å². The molecule has 3 nitrogen and oxygen atoms in total. The average molecular weight is 224 g/mol. The predicted molar refractivity (Wildman–Crippen MR) is 62.6 cm³/mol. The van der Waals surface area contributed by atoms with Gasteiger partial charge in [0, 0.05) is 11.1 Å². The molecule has 0 atom stereocenters. The SMILES string of the molecule is Cl.Nc1ccc(C(=O)O)c2ccccc12. The maximum Gasteiger partial charge on any atom is 0.336 e. The number of nitrogen functional groups attached to an aromatic ring is 1. The van der Waals surface area contributed by atoms with Gasteiger partial charge in [0.05, 0.1) is 5.56 Å². The van der Waals surface area contributed by atoms with E-state index < -0.39 is 5.97 Å². The van der Waals surface area contributed by atoms with E-state index in [1.807, 2.05) is 12.1 Å². The van der Waals surface area contributed by atoms with Crippen LogP contribution in [-0.4, -0.2) is 11.1 Å². The Labute approximate surface area is 92.9 Å². The van der Waals surface area contributed by atoms with E-state index in [0.717, 1.165) is 5.39 Å². The summed E-state index contributed by atoms with van der Waals surface area (Å²) in [5.41, 5.74) is 6.62. The molecule has 0 amide bonds. The first-order valence-corrected chi connectivity index (χ1v) is 4.20. The van der Waals surface area contributed by atoms with E-state index in [4.69, 9.17) is 10.8 Å². The van der Waals surface area contributed by atoms with E-state index in [0.29, 0.717) is 11.1 Å². The number of hydrogen-bond donors (Lipinski definition) is 2. The van der Waals surface area contributed by atoms with Crippen molar-refractivity contribution in [2.45, 2.75) is 0 Å². The third-order valence-electron chi connectivity index (χ3n) is 2.19. The number of halogens is 1.